The minimum atomic E-state index is -0.117. The fourth-order valence-electron chi connectivity index (χ4n) is 5.43. The highest BCUT2D eigenvalue weighted by Crippen LogP contribution is 2.32. The molecule has 2 aromatic carbocycles. The highest BCUT2D eigenvalue weighted by atomic mass is 16.1. The second-order valence-electron chi connectivity index (χ2n) is 9.97. The highest BCUT2D eigenvalue weighted by molar-refractivity contribution is 6.06. The average Bonchev–Trinajstić information content (AvgIpc) is 3.57. The quantitative estimate of drug-likeness (QED) is 0.275. The molecule has 0 atom stereocenters. The number of aromatic amines is 2. The summed E-state index contributed by atoms with van der Waals surface area (Å²) in [5.41, 5.74) is 11.2. The Morgan fingerprint density at radius 2 is 1.84 bits per heavy atom. The van der Waals surface area contributed by atoms with E-state index in [4.69, 9.17) is 10.7 Å². The minimum absolute atomic E-state index is 0.117. The average molecular weight is 503 g/mol. The molecule has 0 radical (unpaired) electrons. The van der Waals surface area contributed by atoms with E-state index in [1.165, 1.54) is 0 Å². The largest absolute Gasteiger partial charge is 0.349 e. The van der Waals surface area contributed by atoms with Crippen LogP contribution < -0.4 is 11.1 Å². The van der Waals surface area contributed by atoms with Crippen LogP contribution in [-0.2, 0) is 0 Å². The van der Waals surface area contributed by atoms with Crippen LogP contribution in [0.2, 0.25) is 0 Å². The molecule has 188 valence electrons. The Hall–Kier alpha value is -4.63. The van der Waals surface area contributed by atoms with Crippen LogP contribution in [0.1, 0.15) is 36.0 Å². The number of nitrogens with zero attached hydrogens (tertiary/aromatic N) is 4. The molecule has 5 N–H and O–H groups in total. The zero-order valence-corrected chi connectivity index (χ0v) is 20.6. The molecule has 1 fully saturated rings. The number of amides is 1. The van der Waals surface area contributed by atoms with Crippen LogP contribution >= 0.6 is 0 Å². The normalized spacial score (nSPS) is 17.8. The van der Waals surface area contributed by atoms with Crippen molar-refractivity contribution in [1.29, 1.82) is 0 Å². The summed E-state index contributed by atoms with van der Waals surface area (Å²) in [6.45, 7) is 0. The van der Waals surface area contributed by atoms with Gasteiger partial charge >= 0.3 is 0 Å². The number of fused-ring (bicyclic) bond motifs is 3. The number of hydrogen-bond acceptors (Lipinski definition) is 6. The van der Waals surface area contributed by atoms with Gasteiger partial charge in [-0.2, -0.15) is 5.10 Å². The number of rotatable bonds is 4. The number of imidazole rings is 1. The Labute approximate surface area is 217 Å². The number of hydrogen-bond donors (Lipinski definition) is 4. The second-order valence-corrected chi connectivity index (χ2v) is 9.97. The molecule has 7 rings (SSSR count). The van der Waals surface area contributed by atoms with Crippen molar-refractivity contribution in [3.05, 3.63) is 72.7 Å². The first-order chi connectivity index (χ1) is 18.6. The van der Waals surface area contributed by atoms with Crippen LogP contribution in [0.25, 0.3) is 55.5 Å². The van der Waals surface area contributed by atoms with Gasteiger partial charge in [0, 0.05) is 47.2 Å². The fourth-order valence-corrected chi connectivity index (χ4v) is 5.43. The minimum Gasteiger partial charge on any atom is -0.349 e. The summed E-state index contributed by atoms with van der Waals surface area (Å²) in [7, 11) is 0. The van der Waals surface area contributed by atoms with Gasteiger partial charge in [0.25, 0.3) is 5.91 Å². The molecule has 4 heterocycles. The predicted octanol–water partition coefficient (Wildman–Crippen LogP) is 4.72. The molecule has 0 bridgehead atoms. The number of carbonyl (C=O) groups is 1. The standard InChI is InChI=1S/C29H26N8O/c30-18-8-10-19(11-9-18)33-29(38)21-6-3-7-24-25(21)35-28(34-24)26-22-12-17(14-32-27(22)37-36-26)23-15-31-13-16-4-1-2-5-20(16)23/h1-7,12-15,18-19H,8-11,30H2,(H,33,38)(H,34,35)(H,32,36,37). The van der Waals surface area contributed by atoms with Gasteiger partial charge in [0.2, 0.25) is 0 Å². The van der Waals surface area contributed by atoms with Gasteiger partial charge in [0.1, 0.15) is 11.2 Å². The maximum absolute atomic E-state index is 13.2. The molecule has 0 saturated heterocycles. The first kappa shape index (κ1) is 22.6. The predicted molar refractivity (Wildman–Crippen MR) is 147 cm³/mol. The summed E-state index contributed by atoms with van der Waals surface area (Å²) < 4.78 is 0. The molecule has 38 heavy (non-hydrogen) atoms. The molecular weight excluding hydrogens is 476 g/mol. The summed E-state index contributed by atoms with van der Waals surface area (Å²) >= 11 is 0. The van der Waals surface area contributed by atoms with E-state index in [9.17, 15) is 4.79 Å². The molecule has 1 saturated carbocycles. The number of nitrogens with two attached hydrogens (primary N) is 1. The summed E-state index contributed by atoms with van der Waals surface area (Å²) in [4.78, 5) is 30.4. The number of H-pyrrole nitrogens is 2. The lowest BCUT2D eigenvalue weighted by atomic mass is 9.91. The number of pyridine rings is 2. The van der Waals surface area contributed by atoms with E-state index >= 15 is 0 Å². The van der Waals surface area contributed by atoms with Gasteiger partial charge in [0.15, 0.2) is 11.5 Å². The van der Waals surface area contributed by atoms with Crippen LogP contribution in [0.3, 0.4) is 0 Å². The smallest absolute Gasteiger partial charge is 0.253 e. The molecule has 6 aromatic rings. The van der Waals surface area contributed by atoms with Crippen LogP contribution in [0.4, 0.5) is 0 Å². The SMILES string of the molecule is NC1CCC(NC(=O)c2cccc3[nH]c(-c4n[nH]c5ncc(-c6cncc7ccccc67)cc45)nc23)CC1. The molecular formula is C29H26N8O. The Morgan fingerprint density at radius 3 is 2.74 bits per heavy atom. The summed E-state index contributed by atoms with van der Waals surface area (Å²) in [6, 6.07) is 16.2. The van der Waals surface area contributed by atoms with E-state index in [1.54, 1.807) is 0 Å². The Morgan fingerprint density at radius 1 is 0.974 bits per heavy atom. The van der Waals surface area contributed by atoms with Crippen molar-refractivity contribution in [2.24, 2.45) is 5.73 Å². The number of para-hydroxylation sites is 1. The molecule has 9 heteroatoms. The van der Waals surface area contributed by atoms with Gasteiger partial charge < -0.3 is 16.0 Å². The van der Waals surface area contributed by atoms with Crippen LogP contribution in [0.15, 0.2) is 67.1 Å². The molecule has 4 aromatic heterocycles. The monoisotopic (exact) mass is 502 g/mol. The summed E-state index contributed by atoms with van der Waals surface area (Å²) in [6.07, 6.45) is 9.20. The third-order valence-electron chi connectivity index (χ3n) is 7.48. The van der Waals surface area contributed by atoms with E-state index in [-0.39, 0.29) is 18.0 Å². The Balaban J connectivity index is 1.27. The molecule has 1 aliphatic rings. The first-order valence-corrected chi connectivity index (χ1v) is 12.9. The first-order valence-electron chi connectivity index (χ1n) is 12.9. The van der Waals surface area contributed by atoms with Crippen molar-refractivity contribution in [2.45, 2.75) is 37.8 Å². The molecule has 0 aliphatic heterocycles. The van der Waals surface area contributed by atoms with E-state index in [0.29, 0.717) is 28.2 Å². The maximum atomic E-state index is 13.2. The Kier molecular flexibility index (Phi) is 5.36. The van der Waals surface area contributed by atoms with Gasteiger partial charge in [-0.3, -0.25) is 14.9 Å². The van der Waals surface area contributed by atoms with Gasteiger partial charge in [-0.15, -0.1) is 0 Å². The summed E-state index contributed by atoms with van der Waals surface area (Å²) in [5, 5.41) is 13.7. The topological polar surface area (TPSA) is 138 Å². The fraction of sp³-hybridized carbons (Fsp3) is 0.207. The van der Waals surface area contributed by atoms with E-state index in [1.807, 2.05) is 55.0 Å². The zero-order valence-electron chi connectivity index (χ0n) is 20.6. The third-order valence-corrected chi connectivity index (χ3v) is 7.48. The van der Waals surface area contributed by atoms with Crippen molar-refractivity contribution >= 4 is 38.7 Å². The number of carbonyl (C=O) groups excluding carboxylic acids is 1. The molecule has 1 amide bonds. The lowest BCUT2D eigenvalue weighted by Gasteiger charge is -2.26. The van der Waals surface area contributed by atoms with E-state index < -0.39 is 0 Å². The lowest BCUT2D eigenvalue weighted by molar-refractivity contribution is 0.0927. The maximum Gasteiger partial charge on any atom is 0.253 e. The number of nitrogens with one attached hydrogen (secondary N) is 3. The number of aromatic nitrogens is 6. The third kappa shape index (κ3) is 3.88. The molecule has 1 aliphatic carbocycles. The summed E-state index contributed by atoms with van der Waals surface area (Å²) in [5.74, 6) is 0.457. The lowest BCUT2D eigenvalue weighted by Crippen LogP contribution is -2.40. The van der Waals surface area contributed by atoms with Gasteiger partial charge in [-0.1, -0.05) is 30.3 Å². The van der Waals surface area contributed by atoms with Crippen molar-refractivity contribution < 1.29 is 4.79 Å². The zero-order chi connectivity index (χ0) is 25.6. The van der Waals surface area contributed by atoms with E-state index in [2.05, 4.69) is 42.6 Å². The molecule has 9 nitrogen and oxygen atoms in total. The van der Waals surface area contributed by atoms with Gasteiger partial charge in [0.05, 0.1) is 16.5 Å². The van der Waals surface area contributed by atoms with Crippen molar-refractivity contribution in [3.63, 3.8) is 0 Å². The molecule has 0 unspecified atom stereocenters. The van der Waals surface area contributed by atoms with Crippen molar-refractivity contribution in [1.82, 2.24) is 35.5 Å². The van der Waals surface area contributed by atoms with Crippen molar-refractivity contribution in [2.75, 3.05) is 0 Å². The van der Waals surface area contributed by atoms with Crippen LogP contribution in [0, 0.1) is 0 Å². The van der Waals surface area contributed by atoms with Gasteiger partial charge in [-0.25, -0.2) is 9.97 Å². The van der Waals surface area contributed by atoms with Crippen LogP contribution in [0.5, 0.6) is 0 Å². The van der Waals surface area contributed by atoms with Crippen molar-refractivity contribution in [3.8, 4) is 22.6 Å². The number of benzene rings is 2. The van der Waals surface area contributed by atoms with E-state index in [0.717, 1.165) is 58.5 Å². The Bertz CT molecular complexity index is 1810. The second kappa shape index (κ2) is 9.04. The highest BCUT2D eigenvalue weighted by Gasteiger charge is 2.23. The van der Waals surface area contributed by atoms with Crippen LogP contribution in [-0.4, -0.2) is 48.1 Å². The van der Waals surface area contributed by atoms with Gasteiger partial charge in [-0.05, 0) is 49.3 Å². The molecule has 0 spiro atoms.